The van der Waals surface area contributed by atoms with Crippen molar-refractivity contribution in [1.29, 1.82) is 0 Å². The number of piperidine rings is 1. The van der Waals surface area contributed by atoms with Gasteiger partial charge < -0.3 is 10.6 Å². The lowest BCUT2D eigenvalue weighted by molar-refractivity contribution is 0.217. The second-order valence-electron chi connectivity index (χ2n) is 6.25. The summed E-state index contributed by atoms with van der Waals surface area (Å²) in [5.74, 6) is 0.703. The van der Waals surface area contributed by atoms with Gasteiger partial charge in [-0.15, -0.1) is 0 Å². The Balaban J connectivity index is 1.73. The lowest BCUT2D eigenvalue weighted by Gasteiger charge is -2.40. The predicted molar refractivity (Wildman–Crippen MR) is 92.0 cm³/mol. The molecule has 1 saturated heterocycles. The number of rotatable bonds is 3. The molecule has 0 aromatic carbocycles. The van der Waals surface area contributed by atoms with Crippen LogP contribution in [0, 0.1) is 5.92 Å². The van der Waals surface area contributed by atoms with Crippen molar-refractivity contribution < 1.29 is 0 Å². The molecule has 3 atom stereocenters. The van der Waals surface area contributed by atoms with Gasteiger partial charge in [-0.2, -0.15) is 0 Å². The molecule has 2 aliphatic rings. The molecule has 1 aliphatic heterocycles. The first-order valence-corrected chi connectivity index (χ1v) is 9.22. The number of nitrogens with zero attached hydrogens (tertiary/aromatic N) is 1. The lowest BCUT2D eigenvalue weighted by Crippen LogP contribution is -2.48. The third-order valence-electron chi connectivity index (χ3n) is 4.83. The van der Waals surface area contributed by atoms with Crippen molar-refractivity contribution in [2.24, 2.45) is 5.92 Å². The van der Waals surface area contributed by atoms with Gasteiger partial charge in [-0.3, -0.25) is 0 Å². The number of pyridine rings is 1. The Morgan fingerprint density at radius 1 is 1.19 bits per heavy atom. The average Bonchev–Trinajstić information content (AvgIpc) is 2.52. The molecule has 0 spiro atoms. The minimum Gasteiger partial charge on any atom is -0.379 e. The second kappa shape index (κ2) is 7.30. The van der Waals surface area contributed by atoms with Crippen molar-refractivity contribution in [2.45, 2.75) is 57.0 Å². The summed E-state index contributed by atoms with van der Waals surface area (Å²) < 4.78 is 0.970. The molecule has 0 radical (unpaired) electrons. The minimum absolute atomic E-state index is 0.503. The molecule has 1 aromatic rings. The van der Waals surface area contributed by atoms with Crippen LogP contribution in [-0.4, -0.2) is 23.6 Å². The molecule has 3 unspecified atom stereocenters. The molecule has 0 bridgehead atoms. The van der Waals surface area contributed by atoms with E-state index in [1.165, 1.54) is 51.5 Å². The van der Waals surface area contributed by atoms with E-state index >= 15 is 0 Å². The Morgan fingerprint density at radius 3 is 2.81 bits per heavy atom. The molecule has 3 nitrogen and oxygen atoms in total. The number of anilines is 1. The third-order valence-corrected chi connectivity index (χ3v) is 5.57. The number of hydrogen-bond donors (Lipinski definition) is 2. The van der Waals surface area contributed by atoms with Crippen LogP contribution in [0.5, 0.6) is 0 Å². The van der Waals surface area contributed by atoms with Crippen molar-refractivity contribution in [3.63, 3.8) is 0 Å². The van der Waals surface area contributed by atoms with Crippen LogP contribution in [0.4, 0.5) is 5.69 Å². The van der Waals surface area contributed by atoms with Crippen molar-refractivity contribution in [2.75, 3.05) is 11.9 Å². The predicted octanol–water partition coefficient (Wildman–Crippen LogP) is 4.61. The van der Waals surface area contributed by atoms with E-state index in [1.54, 1.807) is 6.20 Å². The zero-order chi connectivity index (χ0) is 14.7. The minimum atomic E-state index is 0.503. The van der Waals surface area contributed by atoms with Crippen LogP contribution in [0.25, 0.3) is 0 Å². The van der Waals surface area contributed by atoms with Crippen molar-refractivity contribution in [3.8, 4) is 0 Å². The van der Waals surface area contributed by atoms with Crippen molar-refractivity contribution in [1.82, 2.24) is 10.3 Å². The highest BCUT2D eigenvalue weighted by molar-refractivity contribution is 9.10. The van der Waals surface area contributed by atoms with E-state index < -0.39 is 0 Å². The number of hydrogen-bond acceptors (Lipinski definition) is 3. The summed E-state index contributed by atoms with van der Waals surface area (Å²) in [6.45, 7) is 1.17. The molecule has 1 aromatic heterocycles. The summed E-state index contributed by atoms with van der Waals surface area (Å²) in [5, 5.41) is 7.97. The van der Waals surface area contributed by atoms with Gasteiger partial charge >= 0.3 is 0 Å². The van der Waals surface area contributed by atoms with Crippen LogP contribution in [-0.2, 0) is 0 Å². The Kier molecular flexibility index (Phi) is 5.41. The van der Waals surface area contributed by atoms with Gasteiger partial charge in [0, 0.05) is 22.8 Å². The summed E-state index contributed by atoms with van der Waals surface area (Å²) in [6, 6.07) is 3.20. The van der Waals surface area contributed by atoms with Crippen LogP contribution in [0.1, 0.15) is 44.9 Å². The van der Waals surface area contributed by atoms with Gasteiger partial charge in [0.25, 0.3) is 0 Å². The first kappa shape index (κ1) is 15.6. The van der Waals surface area contributed by atoms with Gasteiger partial charge in [0.1, 0.15) is 0 Å². The molecule has 1 saturated carbocycles. The largest absolute Gasteiger partial charge is 0.379 e. The van der Waals surface area contributed by atoms with Gasteiger partial charge in [0.15, 0.2) is 5.15 Å². The van der Waals surface area contributed by atoms with E-state index in [9.17, 15) is 0 Å². The maximum Gasteiger partial charge on any atom is 0.152 e. The fourth-order valence-electron chi connectivity index (χ4n) is 3.79. The zero-order valence-corrected chi connectivity index (χ0v) is 14.6. The topological polar surface area (TPSA) is 37.0 Å². The molecule has 1 aliphatic carbocycles. The number of halogens is 2. The molecule has 5 heteroatoms. The molecule has 21 heavy (non-hydrogen) atoms. The Bertz CT molecular complexity index is 477. The lowest BCUT2D eigenvalue weighted by atomic mass is 9.77. The van der Waals surface area contributed by atoms with E-state index in [0.717, 1.165) is 10.2 Å². The molecule has 2 fully saturated rings. The summed E-state index contributed by atoms with van der Waals surface area (Å²) in [7, 11) is 0. The maximum atomic E-state index is 6.24. The highest BCUT2D eigenvalue weighted by Gasteiger charge is 2.32. The van der Waals surface area contributed by atoms with Gasteiger partial charge in [0.05, 0.1) is 5.69 Å². The summed E-state index contributed by atoms with van der Waals surface area (Å²) >= 11 is 9.72. The fraction of sp³-hybridized carbons (Fsp3) is 0.688. The molecular weight excluding hydrogens is 350 g/mol. The normalized spacial score (nSPS) is 30.1. The molecule has 2 N–H and O–H groups in total. The van der Waals surface area contributed by atoms with E-state index in [2.05, 4.69) is 31.5 Å². The Morgan fingerprint density at radius 2 is 2.00 bits per heavy atom. The summed E-state index contributed by atoms with van der Waals surface area (Å²) in [6.07, 6.45) is 10.9. The number of nitrogens with one attached hydrogen (secondary N) is 2. The van der Waals surface area contributed by atoms with E-state index in [0.29, 0.717) is 23.2 Å². The molecule has 2 heterocycles. The maximum absolute atomic E-state index is 6.24. The van der Waals surface area contributed by atoms with Crippen LogP contribution < -0.4 is 10.6 Å². The van der Waals surface area contributed by atoms with Gasteiger partial charge in [0.2, 0.25) is 0 Å². The molecular formula is C16H23BrClN3. The fourth-order valence-corrected chi connectivity index (χ4v) is 4.28. The van der Waals surface area contributed by atoms with Crippen molar-refractivity contribution in [3.05, 3.63) is 21.9 Å². The first-order chi connectivity index (χ1) is 10.2. The molecule has 3 rings (SSSR count). The van der Waals surface area contributed by atoms with Crippen LogP contribution in [0.15, 0.2) is 16.7 Å². The van der Waals surface area contributed by atoms with Crippen LogP contribution >= 0.6 is 27.5 Å². The Hall–Kier alpha value is -0.320. The summed E-state index contributed by atoms with van der Waals surface area (Å²) in [5.41, 5.74) is 0.957. The first-order valence-electron chi connectivity index (χ1n) is 8.05. The molecule has 0 amide bonds. The van der Waals surface area contributed by atoms with E-state index in [4.69, 9.17) is 11.6 Å². The quantitative estimate of drug-likeness (QED) is 0.761. The van der Waals surface area contributed by atoms with E-state index in [1.807, 2.05) is 6.07 Å². The number of aromatic nitrogens is 1. The monoisotopic (exact) mass is 371 g/mol. The average molecular weight is 373 g/mol. The zero-order valence-electron chi connectivity index (χ0n) is 12.2. The van der Waals surface area contributed by atoms with Crippen molar-refractivity contribution >= 4 is 33.2 Å². The second-order valence-corrected chi connectivity index (χ2v) is 7.52. The highest BCUT2D eigenvalue weighted by Crippen LogP contribution is 2.34. The van der Waals surface area contributed by atoms with Gasteiger partial charge in [-0.1, -0.05) is 30.9 Å². The highest BCUT2D eigenvalue weighted by atomic mass is 79.9. The Labute approximate surface area is 140 Å². The van der Waals surface area contributed by atoms with Crippen LogP contribution in [0.3, 0.4) is 0 Å². The SMILES string of the molecule is Clc1ncc(Br)cc1NC1CCCCC1C1CCCCN1. The van der Waals surface area contributed by atoms with Gasteiger partial charge in [-0.25, -0.2) is 4.98 Å². The standard InChI is InChI=1S/C16H23BrClN3/c17-11-9-15(16(18)20-10-11)21-14-7-2-1-5-12(14)13-6-3-4-8-19-13/h9-10,12-14,19,21H,1-8H2. The smallest absolute Gasteiger partial charge is 0.152 e. The van der Waals surface area contributed by atoms with Crippen LogP contribution in [0.2, 0.25) is 5.15 Å². The molecule has 116 valence electrons. The third kappa shape index (κ3) is 3.91. The summed E-state index contributed by atoms with van der Waals surface area (Å²) in [4.78, 5) is 4.22. The van der Waals surface area contributed by atoms with E-state index in [-0.39, 0.29) is 0 Å². The van der Waals surface area contributed by atoms with Gasteiger partial charge in [-0.05, 0) is 60.1 Å².